The Labute approximate surface area is 189 Å². The van der Waals surface area contributed by atoms with Crippen LogP contribution in [0.25, 0.3) is 16.9 Å². The number of fused-ring (bicyclic) bond motifs is 1. The SMILES string of the molecule is COc1ccccc1-c1cc(C(=O)NCCN2CCCCC2)nc2cc(C(C)(C)C)nn12. The van der Waals surface area contributed by atoms with Gasteiger partial charge in [0.05, 0.1) is 18.5 Å². The Morgan fingerprint density at radius 3 is 2.59 bits per heavy atom. The van der Waals surface area contributed by atoms with Crippen molar-refractivity contribution in [3.8, 4) is 17.0 Å². The number of aromatic nitrogens is 3. The Morgan fingerprint density at radius 1 is 1.12 bits per heavy atom. The summed E-state index contributed by atoms with van der Waals surface area (Å²) in [5, 5.41) is 7.87. The molecule has 0 spiro atoms. The maximum absolute atomic E-state index is 13.0. The first kappa shape index (κ1) is 22.3. The molecule has 0 atom stereocenters. The molecular formula is C25H33N5O2. The minimum absolute atomic E-state index is 0.136. The van der Waals surface area contributed by atoms with Gasteiger partial charge in [0.2, 0.25) is 0 Å². The second-order valence-electron chi connectivity index (χ2n) is 9.43. The van der Waals surface area contributed by atoms with Crippen LogP contribution in [0.5, 0.6) is 5.75 Å². The quantitative estimate of drug-likeness (QED) is 0.635. The van der Waals surface area contributed by atoms with Crippen molar-refractivity contribution >= 4 is 11.6 Å². The van der Waals surface area contributed by atoms with Crippen LogP contribution in [0.2, 0.25) is 0 Å². The molecule has 0 unspecified atom stereocenters. The van der Waals surface area contributed by atoms with E-state index in [1.54, 1.807) is 13.2 Å². The number of piperidine rings is 1. The number of ether oxygens (including phenoxy) is 1. The van der Waals surface area contributed by atoms with Crippen LogP contribution in [0.3, 0.4) is 0 Å². The van der Waals surface area contributed by atoms with Gasteiger partial charge in [-0.1, -0.05) is 39.3 Å². The predicted molar refractivity (Wildman–Crippen MR) is 126 cm³/mol. The Balaban J connectivity index is 1.67. The van der Waals surface area contributed by atoms with Gasteiger partial charge in [-0.25, -0.2) is 9.50 Å². The van der Waals surface area contributed by atoms with Crippen molar-refractivity contribution in [2.24, 2.45) is 0 Å². The number of carbonyl (C=O) groups excluding carboxylic acids is 1. The smallest absolute Gasteiger partial charge is 0.270 e. The lowest BCUT2D eigenvalue weighted by Gasteiger charge is -2.26. The first-order valence-electron chi connectivity index (χ1n) is 11.4. The molecule has 1 aliphatic heterocycles. The lowest BCUT2D eigenvalue weighted by atomic mass is 9.93. The molecule has 32 heavy (non-hydrogen) atoms. The van der Waals surface area contributed by atoms with Gasteiger partial charge in [-0.2, -0.15) is 5.10 Å². The number of nitrogens with one attached hydrogen (secondary N) is 1. The van der Waals surface area contributed by atoms with Gasteiger partial charge in [-0.05, 0) is 44.1 Å². The van der Waals surface area contributed by atoms with Crippen LogP contribution in [0.15, 0.2) is 36.4 Å². The van der Waals surface area contributed by atoms with Crippen LogP contribution >= 0.6 is 0 Å². The monoisotopic (exact) mass is 435 g/mol. The third-order valence-corrected chi connectivity index (χ3v) is 5.97. The molecule has 0 aliphatic carbocycles. The molecule has 1 N–H and O–H groups in total. The fraction of sp³-hybridized carbons (Fsp3) is 0.480. The summed E-state index contributed by atoms with van der Waals surface area (Å²) >= 11 is 0. The zero-order valence-corrected chi connectivity index (χ0v) is 19.5. The first-order valence-corrected chi connectivity index (χ1v) is 11.4. The molecule has 1 amide bonds. The van der Waals surface area contributed by atoms with Crippen LogP contribution in [0.4, 0.5) is 0 Å². The molecule has 0 bridgehead atoms. The number of amides is 1. The second-order valence-corrected chi connectivity index (χ2v) is 9.43. The molecule has 7 nitrogen and oxygen atoms in total. The fourth-order valence-corrected chi connectivity index (χ4v) is 4.11. The van der Waals surface area contributed by atoms with E-state index in [0.29, 0.717) is 17.9 Å². The van der Waals surface area contributed by atoms with Crippen molar-refractivity contribution in [1.82, 2.24) is 24.8 Å². The molecule has 1 aromatic carbocycles. The van der Waals surface area contributed by atoms with Gasteiger partial charge in [0, 0.05) is 30.1 Å². The van der Waals surface area contributed by atoms with Crippen LogP contribution in [0.1, 0.15) is 56.2 Å². The molecular weight excluding hydrogens is 402 g/mol. The molecule has 3 heterocycles. The summed E-state index contributed by atoms with van der Waals surface area (Å²) in [6, 6.07) is 11.5. The van der Waals surface area contributed by atoms with Gasteiger partial charge in [-0.3, -0.25) is 4.79 Å². The first-order chi connectivity index (χ1) is 15.4. The van der Waals surface area contributed by atoms with Crippen molar-refractivity contribution < 1.29 is 9.53 Å². The van der Waals surface area contributed by atoms with Gasteiger partial charge < -0.3 is 15.0 Å². The fourth-order valence-electron chi connectivity index (χ4n) is 4.11. The molecule has 2 aromatic heterocycles. The highest BCUT2D eigenvalue weighted by Gasteiger charge is 2.22. The number of carbonyl (C=O) groups is 1. The zero-order chi connectivity index (χ0) is 22.7. The largest absolute Gasteiger partial charge is 0.496 e. The van der Waals surface area contributed by atoms with E-state index in [1.165, 1.54) is 19.3 Å². The summed E-state index contributed by atoms with van der Waals surface area (Å²) in [7, 11) is 1.65. The maximum atomic E-state index is 13.0. The minimum atomic E-state index is -0.167. The van der Waals surface area contributed by atoms with Crippen molar-refractivity contribution in [3.05, 3.63) is 47.8 Å². The summed E-state index contributed by atoms with van der Waals surface area (Å²) < 4.78 is 7.40. The van der Waals surface area contributed by atoms with E-state index in [2.05, 4.69) is 36.0 Å². The number of likely N-dealkylation sites (tertiary alicyclic amines) is 1. The molecule has 3 aromatic rings. The van der Waals surface area contributed by atoms with Crippen LogP contribution in [-0.2, 0) is 5.41 Å². The van der Waals surface area contributed by atoms with E-state index in [1.807, 2.05) is 34.8 Å². The highest BCUT2D eigenvalue weighted by atomic mass is 16.5. The summed E-state index contributed by atoms with van der Waals surface area (Å²) in [5.41, 5.74) is 3.47. The second kappa shape index (κ2) is 9.28. The Bertz CT molecular complexity index is 1090. The van der Waals surface area contributed by atoms with Gasteiger partial charge in [-0.15, -0.1) is 0 Å². The molecule has 170 valence electrons. The van der Waals surface area contributed by atoms with Crippen molar-refractivity contribution in [2.45, 2.75) is 45.4 Å². The number of methoxy groups -OCH3 is 1. The van der Waals surface area contributed by atoms with E-state index in [4.69, 9.17) is 9.84 Å². The average Bonchev–Trinajstić information content (AvgIpc) is 3.24. The Morgan fingerprint density at radius 2 is 1.88 bits per heavy atom. The number of hydrogen-bond donors (Lipinski definition) is 1. The number of hydrogen-bond acceptors (Lipinski definition) is 5. The summed E-state index contributed by atoms with van der Waals surface area (Å²) in [6.07, 6.45) is 3.79. The lowest BCUT2D eigenvalue weighted by Crippen LogP contribution is -2.37. The number of benzene rings is 1. The highest BCUT2D eigenvalue weighted by molar-refractivity contribution is 5.94. The third kappa shape index (κ3) is 4.78. The Kier molecular flexibility index (Phi) is 6.46. The van der Waals surface area contributed by atoms with Crippen LogP contribution in [0, 0.1) is 0 Å². The van der Waals surface area contributed by atoms with E-state index in [-0.39, 0.29) is 11.3 Å². The molecule has 1 saturated heterocycles. The molecule has 1 aliphatic rings. The molecule has 0 radical (unpaired) electrons. The molecule has 7 heteroatoms. The summed E-state index contributed by atoms with van der Waals surface area (Å²) in [5.74, 6) is 0.559. The lowest BCUT2D eigenvalue weighted by molar-refractivity contribution is 0.0941. The normalized spacial score (nSPS) is 15.1. The Hall–Kier alpha value is -2.93. The van der Waals surface area contributed by atoms with Gasteiger partial charge in [0.25, 0.3) is 5.91 Å². The van der Waals surface area contributed by atoms with E-state index in [9.17, 15) is 4.79 Å². The van der Waals surface area contributed by atoms with Crippen LogP contribution in [-0.4, -0.2) is 58.7 Å². The van der Waals surface area contributed by atoms with Crippen molar-refractivity contribution in [1.29, 1.82) is 0 Å². The molecule has 1 fully saturated rings. The third-order valence-electron chi connectivity index (χ3n) is 5.97. The summed E-state index contributed by atoms with van der Waals surface area (Å²) in [4.78, 5) is 20.1. The number of para-hydroxylation sites is 1. The standard InChI is InChI=1S/C25H33N5O2/c1-25(2,3)22-17-23-27-19(24(31)26-12-15-29-13-8-5-9-14-29)16-20(30(23)28-22)18-10-6-7-11-21(18)32-4/h6-7,10-11,16-17H,5,8-9,12-15H2,1-4H3,(H,26,31). The zero-order valence-electron chi connectivity index (χ0n) is 19.5. The average molecular weight is 436 g/mol. The predicted octanol–water partition coefficient (Wildman–Crippen LogP) is 3.92. The number of nitrogens with zero attached hydrogens (tertiary/aromatic N) is 4. The number of rotatable bonds is 6. The van der Waals surface area contributed by atoms with E-state index < -0.39 is 0 Å². The minimum Gasteiger partial charge on any atom is -0.496 e. The van der Waals surface area contributed by atoms with E-state index >= 15 is 0 Å². The van der Waals surface area contributed by atoms with Gasteiger partial charge in [0.1, 0.15) is 11.4 Å². The van der Waals surface area contributed by atoms with Gasteiger partial charge in [0.15, 0.2) is 5.65 Å². The van der Waals surface area contributed by atoms with Crippen molar-refractivity contribution in [3.63, 3.8) is 0 Å². The highest BCUT2D eigenvalue weighted by Crippen LogP contribution is 2.31. The van der Waals surface area contributed by atoms with Gasteiger partial charge >= 0.3 is 0 Å². The topological polar surface area (TPSA) is 71.8 Å². The van der Waals surface area contributed by atoms with Crippen molar-refractivity contribution in [2.75, 3.05) is 33.3 Å². The maximum Gasteiger partial charge on any atom is 0.270 e. The molecule has 4 rings (SSSR count). The van der Waals surface area contributed by atoms with E-state index in [0.717, 1.165) is 42.3 Å². The van der Waals surface area contributed by atoms with Crippen LogP contribution < -0.4 is 10.1 Å². The molecule has 0 saturated carbocycles. The summed E-state index contributed by atoms with van der Waals surface area (Å²) in [6.45, 7) is 10.1.